The first-order valence-electron chi connectivity index (χ1n) is 7.85. The first kappa shape index (κ1) is 16.3. The lowest BCUT2D eigenvalue weighted by Crippen LogP contribution is -2.29. The van der Waals surface area contributed by atoms with Crippen molar-refractivity contribution in [2.75, 3.05) is 27.4 Å². The number of nitrogens with zero attached hydrogens (tertiary/aromatic N) is 2. The van der Waals surface area contributed by atoms with Crippen molar-refractivity contribution in [2.24, 2.45) is 0 Å². The number of ether oxygens (including phenoxy) is 3. The molecule has 1 amide bonds. The van der Waals surface area contributed by atoms with E-state index in [1.165, 1.54) is 19.9 Å². The van der Waals surface area contributed by atoms with Crippen LogP contribution in [-0.4, -0.2) is 43.1 Å². The van der Waals surface area contributed by atoms with Crippen molar-refractivity contribution < 1.29 is 19.0 Å². The van der Waals surface area contributed by atoms with Crippen LogP contribution in [0.3, 0.4) is 0 Å². The van der Waals surface area contributed by atoms with Gasteiger partial charge in [-0.15, -0.1) is 0 Å². The van der Waals surface area contributed by atoms with Crippen LogP contribution < -0.4 is 14.8 Å². The van der Waals surface area contributed by atoms with Crippen molar-refractivity contribution in [1.82, 2.24) is 15.1 Å². The smallest absolute Gasteiger partial charge is 0.258 e. The van der Waals surface area contributed by atoms with Gasteiger partial charge in [-0.2, -0.15) is 5.10 Å². The van der Waals surface area contributed by atoms with Gasteiger partial charge in [-0.25, -0.2) is 0 Å². The molecule has 3 rings (SSSR count). The molecule has 0 saturated carbocycles. The van der Waals surface area contributed by atoms with Crippen molar-refractivity contribution >= 4 is 5.91 Å². The number of hydrogen-bond acceptors (Lipinski definition) is 5. The van der Waals surface area contributed by atoms with Gasteiger partial charge >= 0.3 is 0 Å². The molecule has 0 radical (unpaired) electrons. The minimum atomic E-state index is -0.228. The summed E-state index contributed by atoms with van der Waals surface area (Å²) in [4.78, 5) is 12.5. The normalized spacial score (nSPS) is 13.2. The van der Waals surface area contributed by atoms with Gasteiger partial charge in [-0.05, 0) is 12.1 Å². The number of nitrogens with one attached hydrogen (secondary N) is 1. The average molecular weight is 331 g/mol. The van der Waals surface area contributed by atoms with Gasteiger partial charge in [0.15, 0.2) is 0 Å². The Morgan fingerprint density at radius 1 is 1.33 bits per heavy atom. The topological polar surface area (TPSA) is 74.6 Å². The Bertz CT molecular complexity index is 704. The van der Waals surface area contributed by atoms with E-state index in [9.17, 15) is 4.79 Å². The molecular weight excluding hydrogens is 310 g/mol. The van der Waals surface area contributed by atoms with Crippen LogP contribution in [0.4, 0.5) is 0 Å². The van der Waals surface area contributed by atoms with E-state index in [-0.39, 0.29) is 5.91 Å². The number of rotatable bonds is 6. The van der Waals surface area contributed by atoms with E-state index in [4.69, 9.17) is 14.2 Å². The van der Waals surface area contributed by atoms with Crippen LogP contribution in [0.25, 0.3) is 0 Å². The maximum Gasteiger partial charge on any atom is 0.258 e. The van der Waals surface area contributed by atoms with Gasteiger partial charge < -0.3 is 19.5 Å². The van der Waals surface area contributed by atoms with E-state index >= 15 is 0 Å². The van der Waals surface area contributed by atoms with Crippen LogP contribution in [0.15, 0.2) is 24.4 Å². The molecule has 0 bridgehead atoms. The summed E-state index contributed by atoms with van der Waals surface area (Å²) in [5.41, 5.74) is 2.71. The summed E-state index contributed by atoms with van der Waals surface area (Å²) in [5, 5.41) is 7.27. The first-order chi connectivity index (χ1) is 11.7. The lowest BCUT2D eigenvalue weighted by atomic mass is 10.1. The maximum absolute atomic E-state index is 12.5. The Hall–Kier alpha value is -2.54. The molecule has 128 valence electrons. The Balaban J connectivity index is 1.65. The third kappa shape index (κ3) is 3.21. The molecule has 24 heavy (non-hydrogen) atoms. The number of carbonyl (C=O) groups excluding carboxylic acids is 1. The minimum Gasteiger partial charge on any atom is -0.496 e. The highest BCUT2D eigenvalue weighted by atomic mass is 16.5. The molecule has 2 heterocycles. The van der Waals surface area contributed by atoms with E-state index in [2.05, 4.69) is 10.4 Å². The summed E-state index contributed by atoms with van der Waals surface area (Å²) >= 11 is 0. The van der Waals surface area contributed by atoms with E-state index in [1.807, 2.05) is 10.9 Å². The molecule has 7 nitrogen and oxygen atoms in total. The number of carbonyl (C=O) groups is 1. The highest BCUT2D eigenvalue weighted by Gasteiger charge is 2.19. The SMILES string of the molecule is COc1cccc(OC)c1C(=O)NCCn1ncc2c1CCOC2. The minimum absolute atomic E-state index is 0.228. The van der Waals surface area contributed by atoms with Crippen LogP contribution in [0.2, 0.25) is 0 Å². The molecule has 0 fully saturated rings. The summed E-state index contributed by atoms with van der Waals surface area (Å²) in [6, 6.07) is 5.26. The fourth-order valence-corrected chi connectivity index (χ4v) is 2.84. The number of benzene rings is 1. The van der Waals surface area contributed by atoms with Crippen molar-refractivity contribution in [1.29, 1.82) is 0 Å². The third-order valence-corrected chi connectivity index (χ3v) is 4.04. The number of amides is 1. The molecule has 1 aromatic carbocycles. The number of methoxy groups -OCH3 is 2. The summed E-state index contributed by atoms with van der Waals surface area (Å²) in [6.45, 7) is 2.40. The zero-order valence-corrected chi connectivity index (χ0v) is 13.9. The Labute approximate surface area is 140 Å². The van der Waals surface area contributed by atoms with Crippen molar-refractivity contribution in [3.8, 4) is 11.5 Å². The number of aromatic nitrogens is 2. The van der Waals surface area contributed by atoms with E-state index in [0.717, 1.165) is 12.0 Å². The Kier molecular flexibility index (Phi) is 5.00. The van der Waals surface area contributed by atoms with E-state index in [1.54, 1.807) is 18.2 Å². The second kappa shape index (κ2) is 7.35. The second-order valence-electron chi connectivity index (χ2n) is 5.44. The molecule has 1 aliphatic rings. The molecule has 7 heteroatoms. The highest BCUT2D eigenvalue weighted by Crippen LogP contribution is 2.27. The van der Waals surface area contributed by atoms with Gasteiger partial charge in [-0.3, -0.25) is 9.48 Å². The molecule has 0 unspecified atom stereocenters. The van der Waals surface area contributed by atoms with Crippen LogP contribution in [-0.2, 0) is 24.3 Å². The summed E-state index contributed by atoms with van der Waals surface area (Å²) in [6.07, 6.45) is 2.68. The molecule has 1 N–H and O–H groups in total. The average Bonchev–Trinajstić information content (AvgIpc) is 3.04. The number of fused-ring (bicyclic) bond motifs is 1. The van der Waals surface area contributed by atoms with Gasteiger partial charge in [0.05, 0.1) is 40.2 Å². The third-order valence-electron chi connectivity index (χ3n) is 4.04. The largest absolute Gasteiger partial charge is 0.496 e. The predicted molar refractivity (Wildman–Crippen MR) is 87.5 cm³/mol. The lowest BCUT2D eigenvalue weighted by molar-refractivity contribution is 0.0944. The van der Waals surface area contributed by atoms with Gasteiger partial charge in [0, 0.05) is 24.2 Å². The molecule has 0 saturated heterocycles. The molecule has 1 aromatic heterocycles. The fourth-order valence-electron chi connectivity index (χ4n) is 2.84. The maximum atomic E-state index is 12.5. The van der Waals surface area contributed by atoms with Gasteiger partial charge in [0.2, 0.25) is 0 Å². The molecular formula is C17H21N3O4. The van der Waals surface area contributed by atoms with Crippen LogP contribution in [0.5, 0.6) is 11.5 Å². The molecule has 2 aromatic rings. The molecule has 0 spiro atoms. The standard InChI is InChI=1S/C17H21N3O4/c1-22-14-4-3-5-15(23-2)16(14)17(21)18-7-8-20-13-6-9-24-11-12(13)10-19-20/h3-5,10H,6-9,11H2,1-2H3,(H,18,21). The predicted octanol–water partition coefficient (Wildman–Crippen LogP) is 1.40. The van der Waals surface area contributed by atoms with Gasteiger partial charge in [-0.1, -0.05) is 6.07 Å². The Morgan fingerprint density at radius 2 is 2.08 bits per heavy atom. The highest BCUT2D eigenvalue weighted by molar-refractivity contribution is 5.99. The van der Waals surface area contributed by atoms with Crippen molar-refractivity contribution in [3.63, 3.8) is 0 Å². The molecule has 0 atom stereocenters. The van der Waals surface area contributed by atoms with Gasteiger partial charge in [0.1, 0.15) is 17.1 Å². The first-order valence-corrected chi connectivity index (χ1v) is 7.85. The summed E-state index contributed by atoms with van der Waals surface area (Å²) in [5.74, 6) is 0.745. The second-order valence-corrected chi connectivity index (χ2v) is 5.44. The quantitative estimate of drug-likeness (QED) is 0.866. The van der Waals surface area contributed by atoms with Crippen molar-refractivity contribution in [3.05, 3.63) is 41.2 Å². The van der Waals surface area contributed by atoms with Gasteiger partial charge in [0.25, 0.3) is 5.91 Å². The van der Waals surface area contributed by atoms with Crippen molar-refractivity contribution in [2.45, 2.75) is 19.6 Å². The molecule has 1 aliphatic heterocycles. The Morgan fingerprint density at radius 3 is 2.79 bits per heavy atom. The molecule has 0 aliphatic carbocycles. The summed E-state index contributed by atoms with van der Waals surface area (Å²) < 4.78 is 17.9. The van der Waals surface area contributed by atoms with E-state index in [0.29, 0.717) is 43.4 Å². The fraction of sp³-hybridized carbons (Fsp3) is 0.412. The monoisotopic (exact) mass is 331 g/mol. The lowest BCUT2D eigenvalue weighted by Gasteiger charge is -2.15. The summed E-state index contributed by atoms with van der Waals surface area (Å²) in [7, 11) is 3.06. The zero-order valence-electron chi connectivity index (χ0n) is 13.9. The van der Waals surface area contributed by atoms with Crippen LogP contribution in [0.1, 0.15) is 21.6 Å². The van der Waals surface area contributed by atoms with E-state index < -0.39 is 0 Å². The number of hydrogen-bond donors (Lipinski definition) is 1. The van der Waals surface area contributed by atoms with Crippen LogP contribution >= 0.6 is 0 Å². The zero-order chi connectivity index (χ0) is 16.9. The van der Waals surface area contributed by atoms with Crippen LogP contribution in [0, 0.1) is 0 Å².